The molecule has 6 aromatic carbocycles. The molecule has 4 N–H and O–H groups in total. The van der Waals surface area contributed by atoms with Gasteiger partial charge in [-0.15, -0.1) is 0 Å². The van der Waals surface area contributed by atoms with Crippen molar-refractivity contribution in [2.24, 2.45) is 0 Å². The second-order valence-corrected chi connectivity index (χ2v) is 19.7. The van der Waals surface area contributed by atoms with Gasteiger partial charge in [-0.1, -0.05) is 182 Å². The van der Waals surface area contributed by atoms with E-state index >= 15 is 0 Å². The van der Waals surface area contributed by atoms with E-state index in [9.17, 15) is 20.1 Å². The standard InChI is InChI=1S/C62H71NO15/c1-41-53(69-35-44-23-11-4-12-24-44)56(71-37-46-27-15-6-16-28-46)58(60(67)74-41)78-62-59(73-39-48-31-19-8-20-32-48)57(72-38-47-29-17-7-18-30-47)54(50(76-62)40-68-34-43-21-9-3-10-22-43)77-61-51(63-42(2)65)55(52(66)49(33-64)75-61)70-36-45-25-13-5-14-26-45/h3-32,41,49-62,64,66-67H,33-40H2,1-2H3,(H,63,65)/t41-,49-,50-,51-,52-,53+,54+,55+,56+,57-,58-,59-,60-,61-,62-/m0/s1. The molecular weight excluding hydrogens is 999 g/mol. The van der Waals surface area contributed by atoms with Gasteiger partial charge in [-0.25, -0.2) is 0 Å². The zero-order valence-corrected chi connectivity index (χ0v) is 43.9. The molecule has 3 aliphatic heterocycles. The van der Waals surface area contributed by atoms with Gasteiger partial charge in [0.25, 0.3) is 0 Å². The summed E-state index contributed by atoms with van der Waals surface area (Å²) in [6.45, 7) is 3.21. The quantitative estimate of drug-likeness (QED) is 0.0461. The molecule has 0 bridgehead atoms. The largest absolute Gasteiger partial charge is 0.394 e. The molecule has 0 saturated carbocycles. The Bertz CT molecular complexity index is 2650. The van der Waals surface area contributed by atoms with Gasteiger partial charge in [-0.2, -0.15) is 0 Å². The van der Waals surface area contributed by atoms with Crippen LogP contribution < -0.4 is 5.32 Å². The number of carbonyl (C=O) groups excluding carboxylic acids is 1. The van der Waals surface area contributed by atoms with Crippen molar-refractivity contribution in [3.8, 4) is 0 Å². The van der Waals surface area contributed by atoms with Gasteiger partial charge in [0.05, 0.1) is 59.0 Å². The molecule has 0 aliphatic carbocycles. The number of rotatable bonds is 25. The molecule has 16 nitrogen and oxygen atoms in total. The first-order valence-corrected chi connectivity index (χ1v) is 26.6. The molecule has 9 rings (SSSR count). The van der Waals surface area contributed by atoms with Crippen molar-refractivity contribution in [2.45, 2.75) is 146 Å². The highest BCUT2D eigenvalue weighted by atomic mass is 16.8. The van der Waals surface area contributed by atoms with Crippen molar-refractivity contribution in [1.82, 2.24) is 5.32 Å². The Balaban J connectivity index is 1.11. The number of benzene rings is 6. The third-order valence-corrected chi connectivity index (χ3v) is 14.0. The first-order chi connectivity index (χ1) is 38.2. The third-order valence-electron chi connectivity index (χ3n) is 14.0. The average molecular weight is 1070 g/mol. The van der Waals surface area contributed by atoms with Crippen LogP contribution in [0, 0.1) is 0 Å². The highest BCUT2D eigenvalue weighted by Gasteiger charge is 2.56. The smallest absolute Gasteiger partial charge is 0.217 e. The Morgan fingerprint density at radius 2 is 0.821 bits per heavy atom. The highest BCUT2D eigenvalue weighted by Crippen LogP contribution is 2.38. The van der Waals surface area contributed by atoms with Gasteiger partial charge in [-0.05, 0) is 40.3 Å². The van der Waals surface area contributed by atoms with Crippen LogP contribution in [0.1, 0.15) is 47.2 Å². The number of aliphatic hydroxyl groups is 3. The number of carbonyl (C=O) groups is 1. The molecule has 3 saturated heterocycles. The first kappa shape index (κ1) is 56.9. The van der Waals surface area contributed by atoms with Crippen LogP contribution >= 0.6 is 0 Å². The van der Waals surface area contributed by atoms with Crippen molar-refractivity contribution in [3.05, 3.63) is 215 Å². The van der Waals surface area contributed by atoms with E-state index in [2.05, 4.69) is 5.32 Å². The molecule has 414 valence electrons. The predicted octanol–water partition coefficient (Wildman–Crippen LogP) is 6.95. The number of amides is 1. The lowest BCUT2D eigenvalue weighted by atomic mass is 9.94. The molecule has 0 spiro atoms. The van der Waals surface area contributed by atoms with E-state index in [1.54, 1.807) is 0 Å². The van der Waals surface area contributed by atoms with E-state index in [-0.39, 0.29) is 46.2 Å². The lowest BCUT2D eigenvalue weighted by Crippen LogP contribution is -2.69. The average Bonchev–Trinajstić information content (AvgIpc) is 3.58. The Hall–Kier alpha value is -5.77. The molecule has 78 heavy (non-hydrogen) atoms. The number of hydrogen-bond acceptors (Lipinski definition) is 15. The summed E-state index contributed by atoms with van der Waals surface area (Å²) in [6.07, 6.45) is -16.0. The van der Waals surface area contributed by atoms with E-state index < -0.39 is 105 Å². The molecule has 3 fully saturated rings. The Morgan fingerprint density at radius 3 is 1.26 bits per heavy atom. The van der Waals surface area contributed by atoms with Crippen molar-refractivity contribution in [2.75, 3.05) is 13.2 Å². The minimum atomic E-state index is -1.54. The maximum Gasteiger partial charge on any atom is 0.217 e. The van der Waals surface area contributed by atoms with Crippen molar-refractivity contribution < 1.29 is 72.2 Å². The zero-order valence-electron chi connectivity index (χ0n) is 43.9. The van der Waals surface area contributed by atoms with Gasteiger partial charge in [0.2, 0.25) is 5.91 Å². The normalized spacial score (nSPS) is 29.2. The Kier molecular flexibility index (Phi) is 21.1. The van der Waals surface area contributed by atoms with Gasteiger partial charge in [-0.3, -0.25) is 4.79 Å². The monoisotopic (exact) mass is 1070 g/mol. The van der Waals surface area contributed by atoms with Gasteiger partial charge >= 0.3 is 0 Å². The third kappa shape index (κ3) is 15.5. The summed E-state index contributed by atoms with van der Waals surface area (Å²) in [6, 6.07) is 56.6. The molecule has 15 atom stereocenters. The van der Waals surface area contributed by atoms with E-state index in [0.29, 0.717) is 0 Å². The summed E-state index contributed by atoms with van der Waals surface area (Å²) in [5.74, 6) is -0.449. The lowest BCUT2D eigenvalue weighted by Gasteiger charge is -2.51. The fourth-order valence-corrected chi connectivity index (χ4v) is 9.99. The maximum atomic E-state index is 13.2. The van der Waals surface area contributed by atoms with Crippen LogP contribution in [0.5, 0.6) is 0 Å². The van der Waals surface area contributed by atoms with Crippen LogP contribution in [0.4, 0.5) is 0 Å². The van der Waals surface area contributed by atoms with Crippen LogP contribution in [0.15, 0.2) is 182 Å². The summed E-state index contributed by atoms with van der Waals surface area (Å²) in [4.78, 5) is 13.2. The molecule has 0 unspecified atom stereocenters. The van der Waals surface area contributed by atoms with E-state index in [4.69, 9.17) is 52.1 Å². The van der Waals surface area contributed by atoms with Gasteiger partial charge < -0.3 is 72.7 Å². The van der Waals surface area contributed by atoms with Crippen LogP contribution in [0.3, 0.4) is 0 Å². The summed E-state index contributed by atoms with van der Waals surface area (Å²) in [7, 11) is 0. The van der Waals surface area contributed by atoms with Crippen molar-refractivity contribution in [1.29, 1.82) is 0 Å². The number of ether oxygens (including phenoxy) is 11. The van der Waals surface area contributed by atoms with Crippen molar-refractivity contribution in [3.63, 3.8) is 0 Å². The molecule has 16 heteroatoms. The van der Waals surface area contributed by atoms with Crippen LogP contribution in [-0.2, 0) is 96.5 Å². The first-order valence-electron chi connectivity index (χ1n) is 26.6. The molecule has 1 amide bonds. The minimum absolute atomic E-state index is 0.0575. The van der Waals surface area contributed by atoms with Gasteiger partial charge in [0.1, 0.15) is 67.1 Å². The topological polar surface area (TPSA) is 191 Å². The molecular formula is C62H71NO15. The number of hydrogen-bond donors (Lipinski definition) is 4. The summed E-state index contributed by atoms with van der Waals surface area (Å²) < 4.78 is 74.5. The van der Waals surface area contributed by atoms with Crippen LogP contribution in [-0.4, -0.2) is 126 Å². The SMILES string of the molecule is CC(=O)N[C@@H]1[C@H](O[C@H]2[C@H](OCc3ccccc3)[C@H](OCc3ccccc3)[C@H](O[C@H]3[C@H](OCc4ccccc4)[C@H](OCc4ccccc4)[C@H](C)O[C@@H]3O)O[C@H]2COCc2ccccc2)O[C@@H](CO)[C@H](O)[C@@H]1OCc1ccccc1. The van der Waals surface area contributed by atoms with E-state index in [1.165, 1.54) is 6.92 Å². The Morgan fingerprint density at radius 1 is 0.449 bits per heavy atom. The molecule has 3 aliphatic rings. The predicted molar refractivity (Wildman–Crippen MR) is 286 cm³/mol. The van der Waals surface area contributed by atoms with E-state index in [1.807, 2.05) is 189 Å². The van der Waals surface area contributed by atoms with Crippen LogP contribution in [0.25, 0.3) is 0 Å². The second kappa shape index (κ2) is 28.9. The molecule has 0 aromatic heterocycles. The maximum absolute atomic E-state index is 13.2. The molecule has 6 aromatic rings. The number of nitrogens with one attached hydrogen (secondary N) is 1. The highest BCUT2D eigenvalue weighted by molar-refractivity contribution is 5.73. The lowest BCUT2D eigenvalue weighted by molar-refractivity contribution is -0.388. The van der Waals surface area contributed by atoms with Gasteiger partial charge in [0.15, 0.2) is 18.9 Å². The van der Waals surface area contributed by atoms with E-state index in [0.717, 1.165) is 33.4 Å². The van der Waals surface area contributed by atoms with Crippen LogP contribution in [0.2, 0.25) is 0 Å². The fourth-order valence-electron chi connectivity index (χ4n) is 9.99. The summed E-state index contributed by atoms with van der Waals surface area (Å²) in [5, 5.41) is 37.5. The van der Waals surface area contributed by atoms with Crippen molar-refractivity contribution >= 4 is 5.91 Å². The second-order valence-electron chi connectivity index (χ2n) is 19.7. The van der Waals surface area contributed by atoms with Gasteiger partial charge in [0, 0.05) is 6.92 Å². The zero-order chi connectivity index (χ0) is 54.1. The Labute approximate surface area is 456 Å². The summed E-state index contributed by atoms with van der Waals surface area (Å²) >= 11 is 0. The number of aliphatic hydroxyl groups excluding tert-OH is 3. The minimum Gasteiger partial charge on any atom is -0.394 e. The molecule has 3 heterocycles. The summed E-state index contributed by atoms with van der Waals surface area (Å²) in [5.41, 5.74) is 5.20. The molecule has 0 radical (unpaired) electrons. The fraction of sp³-hybridized carbons (Fsp3) is 0.403.